The Morgan fingerprint density at radius 2 is 1.64 bits per heavy atom. The van der Waals surface area contributed by atoms with E-state index in [1.165, 1.54) is 4.90 Å². The molecule has 2 aliphatic rings. The molecule has 2 heterocycles. The molecule has 1 atom stereocenters. The third kappa shape index (κ3) is 6.42. The minimum Gasteiger partial charge on any atom is -0.345 e. The number of piperidine rings is 1. The van der Waals surface area contributed by atoms with Gasteiger partial charge in [0, 0.05) is 36.3 Å². The summed E-state index contributed by atoms with van der Waals surface area (Å²) in [5, 5.41) is 6.46. The van der Waals surface area contributed by atoms with Crippen molar-refractivity contribution >= 4 is 21.7 Å². The lowest BCUT2D eigenvalue weighted by atomic mass is 9.79. The molecule has 0 aliphatic carbocycles. The van der Waals surface area contributed by atoms with Gasteiger partial charge >= 0.3 is 11.8 Å². The van der Waals surface area contributed by atoms with Crippen LogP contribution >= 0.6 is 0 Å². The highest BCUT2D eigenvalue weighted by atomic mass is 32.2. The molecule has 0 aromatic heterocycles. The highest BCUT2D eigenvalue weighted by Gasteiger charge is 2.40. The number of nitrogens with one attached hydrogen (secondary N) is 2. The molecule has 2 saturated heterocycles. The average molecular weight is 417 g/mol. The first-order valence-corrected chi connectivity index (χ1v) is 11.8. The number of rotatable bonds is 5. The molecular weight excluding hydrogens is 380 g/mol. The maximum atomic E-state index is 12.9. The first-order valence-electron chi connectivity index (χ1n) is 9.96. The van der Waals surface area contributed by atoms with Crippen molar-refractivity contribution in [2.24, 2.45) is 0 Å². The molecule has 0 aromatic carbocycles. The van der Waals surface area contributed by atoms with Gasteiger partial charge in [-0.15, -0.1) is 0 Å². The van der Waals surface area contributed by atoms with Gasteiger partial charge in [0.25, 0.3) is 0 Å². The van der Waals surface area contributed by atoms with Gasteiger partial charge in [-0.25, -0.2) is 8.42 Å². The highest BCUT2D eigenvalue weighted by Crippen LogP contribution is 2.28. The standard InChI is InChI=1S/C19H36N4O4S/c1-18(2)11-14(12-19(3,4)21-18)20-16(24)17(25)23(9-8-22(5)6)15-7-10-28(26,27)13-15/h14-15,21H,7-13H2,1-6H3,(H,20,24). The molecule has 9 heteroatoms. The second-order valence-corrected chi connectivity index (χ2v) is 12.1. The highest BCUT2D eigenvalue weighted by molar-refractivity contribution is 7.91. The van der Waals surface area contributed by atoms with Crippen molar-refractivity contribution < 1.29 is 18.0 Å². The lowest BCUT2D eigenvalue weighted by Crippen LogP contribution is -2.63. The van der Waals surface area contributed by atoms with Crippen LogP contribution in [0, 0.1) is 0 Å². The smallest absolute Gasteiger partial charge is 0.312 e. The lowest BCUT2D eigenvalue weighted by molar-refractivity contribution is -0.148. The van der Waals surface area contributed by atoms with Crippen LogP contribution in [0.1, 0.15) is 47.0 Å². The topological polar surface area (TPSA) is 98.8 Å². The van der Waals surface area contributed by atoms with Crippen LogP contribution in [-0.2, 0) is 19.4 Å². The van der Waals surface area contributed by atoms with Crippen LogP contribution in [-0.4, -0.2) is 91.9 Å². The Balaban J connectivity index is 2.09. The Bertz CT molecular complexity index is 687. The van der Waals surface area contributed by atoms with Gasteiger partial charge in [-0.05, 0) is 61.1 Å². The van der Waals surface area contributed by atoms with E-state index in [4.69, 9.17) is 0 Å². The van der Waals surface area contributed by atoms with E-state index in [-0.39, 0.29) is 28.6 Å². The number of hydrogen-bond acceptors (Lipinski definition) is 6. The van der Waals surface area contributed by atoms with E-state index in [1.54, 1.807) is 0 Å². The van der Waals surface area contributed by atoms with Gasteiger partial charge < -0.3 is 20.4 Å². The van der Waals surface area contributed by atoms with Crippen molar-refractivity contribution in [3.8, 4) is 0 Å². The summed E-state index contributed by atoms with van der Waals surface area (Å²) in [6.45, 7) is 9.25. The normalized spacial score (nSPS) is 26.2. The zero-order valence-corrected chi connectivity index (χ0v) is 18.9. The molecule has 2 amide bonds. The van der Waals surface area contributed by atoms with E-state index < -0.39 is 27.7 Å². The maximum Gasteiger partial charge on any atom is 0.312 e. The van der Waals surface area contributed by atoms with Crippen molar-refractivity contribution in [1.82, 2.24) is 20.4 Å². The third-order valence-electron chi connectivity index (χ3n) is 5.42. The van der Waals surface area contributed by atoms with Crippen molar-refractivity contribution in [1.29, 1.82) is 0 Å². The Hall–Kier alpha value is -1.19. The number of likely N-dealkylation sites (N-methyl/N-ethyl adjacent to an activating group) is 1. The summed E-state index contributed by atoms with van der Waals surface area (Å²) in [7, 11) is 0.621. The van der Waals surface area contributed by atoms with Crippen LogP contribution in [0.3, 0.4) is 0 Å². The van der Waals surface area contributed by atoms with Gasteiger partial charge in [0.1, 0.15) is 0 Å². The number of hydrogen-bond donors (Lipinski definition) is 2. The van der Waals surface area contributed by atoms with Crippen LogP contribution < -0.4 is 10.6 Å². The van der Waals surface area contributed by atoms with Crippen molar-refractivity contribution in [3.05, 3.63) is 0 Å². The fourth-order valence-electron chi connectivity index (χ4n) is 4.58. The summed E-state index contributed by atoms with van der Waals surface area (Å²) in [6.07, 6.45) is 1.85. The summed E-state index contributed by atoms with van der Waals surface area (Å²) >= 11 is 0. The molecule has 2 fully saturated rings. The quantitative estimate of drug-likeness (QED) is 0.612. The molecule has 162 valence electrons. The molecule has 28 heavy (non-hydrogen) atoms. The third-order valence-corrected chi connectivity index (χ3v) is 7.17. The molecule has 0 aromatic rings. The molecule has 2 aliphatic heterocycles. The molecule has 0 radical (unpaired) electrons. The Morgan fingerprint density at radius 3 is 2.11 bits per heavy atom. The summed E-state index contributed by atoms with van der Waals surface area (Å²) in [5.74, 6) is -1.26. The number of carbonyl (C=O) groups is 2. The van der Waals surface area contributed by atoms with Crippen LogP contribution in [0.25, 0.3) is 0 Å². The molecule has 0 spiro atoms. The number of amides is 2. The number of sulfone groups is 1. The van der Waals surface area contributed by atoms with Crippen LogP contribution in [0.4, 0.5) is 0 Å². The average Bonchev–Trinajstić information content (AvgIpc) is 2.83. The van der Waals surface area contributed by atoms with Crippen LogP contribution in [0.15, 0.2) is 0 Å². The zero-order valence-electron chi connectivity index (χ0n) is 18.0. The summed E-state index contributed by atoms with van der Waals surface area (Å²) in [6, 6.07) is -0.533. The zero-order chi connectivity index (χ0) is 21.3. The minimum atomic E-state index is -3.14. The van der Waals surface area contributed by atoms with Crippen molar-refractivity contribution in [3.63, 3.8) is 0 Å². The van der Waals surface area contributed by atoms with Crippen molar-refractivity contribution in [2.45, 2.75) is 70.1 Å². The Labute approximate surface area is 169 Å². The van der Waals surface area contributed by atoms with Crippen LogP contribution in [0.2, 0.25) is 0 Å². The van der Waals surface area contributed by atoms with Crippen molar-refractivity contribution in [2.75, 3.05) is 38.7 Å². The van der Waals surface area contributed by atoms with Gasteiger partial charge in [-0.3, -0.25) is 9.59 Å². The molecule has 2 N–H and O–H groups in total. The van der Waals surface area contributed by atoms with E-state index in [9.17, 15) is 18.0 Å². The largest absolute Gasteiger partial charge is 0.345 e. The fraction of sp³-hybridized carbons (Fsp3) is 0.895. The predicted molar refractivity (Wildman–Crippen MR) is 110 cm³/mol. The van der Waals surface area contributed by atoms with E-state index in [0.717, 1.165) is 12.8 Å². The Morgan fingerprint density at radius 1 is 1.07 bits per heavy atom. The van der Waals surface area contributed by atoms with E-state index >= 15 is 0 Å². The van der Waals surface area contributed by atoms with E-state index in [2.05, 4.69) is 38.3 Å². The number of nitrogens with zero attached hydrogens (tertiary/aromatic N) is 2. The van der Waals surface area contributed by atoms with Gasteiger partial charge in [-0.1, -0.05) is 0 Å². The molecule has 1 unspecified atom stereocenters. The molecule has 8 nitrogen and oxygen atoms in total. The summed E-state index contributed by atoms with van der Waals surface area (Å²) < 4.78 is 23.8. The second kappa shape index (κ2) is 8.28. The first-order chi connectivity index (χ1) is 12.7. The second-order valence-electron chi connectivity index (χ2n) is 9.83. The van der Waals surface area contributed by atoms with E-state index in [1.807, 2.05) is 19.0 Å². The Kier molecular flexibility index (Phi) is 6.83. The van der Waals surface area contributed by atoms with Gasteiger partial charge in [0.05, 0.1) is 11.5 Å². The van der Waals surface area contributed by atoms with E-state index in [0.29, 0.717) is 19.5 Å². The molecule has 0 saturated carbocycles. The minimum absolute atomic E-state index is 0.0626. The summed E-state index contributed by atoms with van der Waals surface area (Å²) in [4.78, 5) is 29.1. The van der Waals surface area contributed by atoms with Gasteiger partial charge in [0.15, 0.2) is 9.84 Å². The molecule has 2 rings (SSSR count). The predicted octanol–water partition coefficient (Wildman–Crippen LogP) is -0.0109. The fourth-order valence-corrected chi connectivity index (χ4v) is 6.31. The molecule has 0 bridgehead atoms. The molecular formula is C19H36N4O4S. The first kappa shape index (κ1) is 23.1. The number of carbonyl (C=O) groups excluding carboxylic acids is 2. The van der Waals surface area contributed by atoms with Crippen LogP contribution in [0.5, 0.6) is 0 Å². The monoisotopic (exact) mass is 416 g/mol. The van der Waals surface area contributed by atoms with Gasteiger partial charge in [0.2, 0.25) is 0 Å². The SMILES string of the molecule is CN(C)CCN(C(=O)C(=O)NC1CC(C)(C)NC(C)(C)C1)C1CCS(=O)(=O)C1. The lowest BCUT2D eigenvalue weighted by Gasteiger charge is -2.46. The maximum absolute atomic E-state index is 12.9. The van der Waals surface area contributed by atoms with Gasteiger partial charge in [-0.2, -0.15) is 0 Å². The summed E-state index contributed by atoms with van der Waals surface area (Å²) in [5.41, 5.74) is -0.292.